The Morgan fingerprint density at radius 3 is 2.42 bits per heavy atom. The lowest BCUT2D eigenvalue weighted by Gasteiger charge is -2.22. The van der Waals surface area contributed by atoms with Gasteiger partial charge in [0.05, 0.1) is 19.1 Å². The van der Waals surface area contributed by atoms with Crippen molar-refractivity contribution in [2.45, 2.75) is 0 Å². The molecule has 0 unspecified atom stereocenters. The summed E-state index contributed by atoms with van der Waals surface area (Å²) in [6, 6.07) is 13.0. The fraction of sp³-hybridized carbons (Fsp3) is 0.188. The molecule has 0 heterocycles. The van der Waals surface area contributed by atoms with Crippen molar-refractivity contribution in [3.8, 4) is 5.75 Å². The molecule has 1 N–H and O–H groups in total. The normalized spacial score (nSPS) is 11.0. The number of methoxy groups -OCH3 is 1. The second kappa shape index (κ2) is 7.55. The fourth-order valence-corrected chi connectivity index (χ4v) is 3.07. The Kier molecular flexibility index (Phi) is 5.69. The minimum atomic E-state index is -3.64. The van der Waals surface area contributed by atoms with Gasteiger partial charge in [0.1, 0.15) is 12.3 Å². The molecule has 0 saturated carbocycles. The number of hydrogen-bond donors (Lipinski definition) is 1. The maximum absolute atomic E-state index is 12.2. The van der Waals surface area contributed by atoms with E-state index in [-0.39, 0.29) is 6.54 Å². The summed E-state index contributed by atoms with van der Waals surface area (Å²) in [5.41, 5.74) is 0.871. The van der Waals surface area contributed by atoms with Crippen molar-refractivity contribution in [1.82, 2.24) is 0 Å². The van der Waals surface area contributed by atoms with Crippen molar-refractivity contribution in [3.63, 3.8) is 0 Å². The number of rotatable bonds is 6. The maximum atomic E-state index is 12.2. The Balaban J connectivity index is 2.15. The second-order valence-corrected chi connectivity index (χ2v) is 7.37. The Hall–Kier alpha value is -2.25. The molecular weight excluding hydrogens is 352 g/mol. The average molecular weight is 369 g/mol. The summed E-state index contributed by atoms with van der Waals surface area (Å²) in [4.78, 5) is 12.2. The molecule has 0 aliphatic carbocycles. The highest BCUT2D eigenvalue weighted by atomic mass is 35.5. The van der Waals surface area contributed by atoms with E-state index in [1.807, 2.05) is 0 Å². The third-order valence-electron chi connectivity index (χ3n) is 3.16. The lowest BCUT2D eigenvalue weighted by Crippen LogP contribution is -2.37. The summed E-state index contributed by atoms with van der Waals surface area (Å²) in [5, 5.41) is 3.03. The summed E-state index contributed by atoms with van der Waals surface area (Å²) < 4.78 is 30.0. The van der Waals surface area contributed by atoms with E-state index in [1.54, 1.807) is 49.6 Å². The predicted octanol–water partition coefficient (Wildman–Crippen LogP) is 2.75. The highest BCUT2D eigenvalue weighted by molar-refractivity contribution is 7.92. The molecule has 0 saturated heterocycles. The smallest absolute Gasteiger partial charge is 0.245 e. The number of carbonyl (C=O) groups excluding carboxylic acids is 1. The lowest BCUT2D eigenvalue weighted by molar-refractivity contribution is -0.114. The average Bonchev–Trinajstić information content (AvgIpc) is 2.52. The van der Waals surface area contributed by atoms with Crippen LogP contribution in [0, 0.1) is 0 Å². The second-order valence-electron chi connectivity index (χ2n) is 5.03. The minimum absolute atomic E-state index is 0.329. The van der Waals surface area contributed by atoms with Gasteiger partial charge < -0.3 is 10.1 Å². The minimum Gasteiger partial charge on any atom is -0.497 e. The number of hydrogen-bond acceptors (Lipinski definition) is 4. The van der Waals surface area contributed by atoms with Gasteiger partial charge in [-0.2, -0.15) is 0 Å². The van der Waals surface area contributed by atoms with E-state index < -0.39 is 15.9 Å². The van der Waals surface area contributed by atoms with Crippen LogP contribution < -0.4 is 14.4 Å². The topological polar surface area (TPSA) is 75.7 Å². The number of nitrogens with zero attached hydrogens (tertiary/aromatic N) is 1. The van der Waals surface area contributed by atoms with Crippen molar-refractivity contribution >= 4 is 38.9 Å². The van der Waals surface area contributed by atoms with Gasteiger partial charge in [0, 0.05) is 10.7 Å². The Morgan fingerprint density at radius 1 is 1.21 bits per heavy atom. The van der Waals surface area contributed by atoms with Crippen LogP contribution in [0.4, 0.5) is 11.4 Å². The largest absolute Gasteiger partial charge is 0.497 e. The fourth-order valence-electron chi connectivity index (χ4n) is 2.04. The zero-order valence-corrected chi connectivity index (χ0v) is 14.8. The first-order valence-electron chi connectivity index (χ1n) is 6.97. The molecule has 0 aromatic heterocycles. The first-order valence-corrected chi connectivity index (χ1v) is 9.19. The van der Waals surface area contributed by atoms with Crippen LogP contribution in [0.15, 0.2) is 48.5 Å². The molecule has 0 aliphatic heterocycles. The van der Waals surface area contributed by atoms with Crippen LogP contribution in [0.5, 0.6) is 5.75 Å². The van der Waals surface area contributed by atoms with E-state index >= 15 is 0 Å². The van der Waals surface area contributed by atoms with Gasteiger partial charge in [-0.1, -0.05) is 17.7 Å². The van der Waals surface area contributed by atoms with Crippen molar-refractivity contribution in [3.05, 3.63) is 53.6 Å². The van der Waals surface area contributed by atoms with Crippen molar-refractivity contribution < 1.29 is 17.9 Å². The van der Waals surface area contributed by atoms with Crippen LogP contribution in [0.2, 0.25) is 5.02 Å². The summed E-state index contributed by atoms with van der Waals surface area (Å²) in [6.07, 6.45) is 1.04. The van der Waals surface area contributed by atoms with Gasteiger partial charge in [-0.25, -0.2) is 8.42 Å². The highest BCUT2D eigenvalue weighted by Crippen LogP contribution is 2.22. The molecule has 8 heteroatoms. The Bertz CT molecular complexity index is 822. The molecule has 0 fully saturated rings. The van der Waals surface area contributed by atoms with Gasteiger partial charge in [0.15, 0.2) is 0 Å². The molecule has 1 amide bonds. The number of ether oxygens (including phenoxy) is 1. The third-order valence-corrected chi connectivity index (χ3v) is 4.53. The van der Waals surface area contributed by atoms with Gasteiger partial charge >= 0.3 is 0 Å². The van der Waals surface area contributed by atoms with Crippen molar-refractivity contribution in [2.75, 3.05) is 29.5 Å². The van der Waals surface area contributed by atoms with Gasteiger partial charge in [-0.3, -0.25) is 9.10 Å². The van der Waals surface area contributed by atoms with E-state index in [9.17, 15) is 13.2 Å². The van der Waals surface area contributed by atoms with E-state index in [0.717, 1.165) is 10.6 Å². The number of anilines is 2. The van der Waals surface area contributed by atoms with Gasteiger partial charge in [-0.15, -0.1) is 0 Å². The SMILES string of the molecule is COc1ccc(NC(=O)CN(c2cccc(Cl)c2)S(C)(=O)=O)cc1. The number of halogens is 1. The predicted molar refractivity (Wildman–Crippen MR) is 95.3 cm³/mol. The van der Waals surface area contributed by atoms with Crippen LogP contribution in [-0.4, -0.2) is 34.2 Å². The Labute approximate surface area is 146 Å². The first kappa shape index (κ1) is 18.1. The molecular formula is C16H17ClN2O4S. The lowest BCUT2D eigenvalue weighted by atomic mass is 10.3. The molecule has 6 nitrogen and oxygen atoms in total. The van der Waals surface area contributed by atoms with Crippen molar-refractivity contribution in [1.29, 1.82) is 0 Å². The zero-order valence-electron chi connectivity index (χ0n) is 13.2. The zero-order chi connectivity index (χ0) is 17.7. The number of amides is 1. The molecule has 0 bridgehead atoms. The maximum Gasteiger partial charge on any atom is 0.245 e. The van der Waals surface area contributed by atoms with Crippen molar-refractivity contribution in [2.24, 2.45) is 0 Å². The number of nitrogens with one attached hydrogen (secondary N) is 1. The summed E-state index contributed by atoms with van der Waals surface area (Å²) >= 11 is 5.90. The van der Waals surface area contributed by atoms with Gasteiger partial charge in [0.25, 0.3) is 0 Å². The van der Waals surface area contributed by atoms with Crippen LogP contribution in [-0.2, 0) is 14.8 Å². The molecule has 2 rings (SSSR count). The quantitative estimate of drug-likeness (QED) is 0.850. The third kappa shape index (κ3) is 4.87. The van der Waals surface area contributed by atoms with Crippen LogP contribution in [0.25, 0.3) is 0 Å². The van der Waals surface area contributed by atoms with Crippen LogP contribution in [0.3, 0.4) is 0 Å². The summed E-state index contributed by atoms with van der Waals surface area (Å²) in [7, 11) is -2.09. The standard InChI is InChI=1S/C16H17ClN2O4S/c1-23-15-8-6-13(7-9-15)18-16(20)11-19(24(2,21)22)14-5-3-4-12(17)10-14/h3-10H,11H2,1-2H3,(H,18,20). The van der Waals surface area contributed by atoms with Gasteiger partial charge in [0.2, 0.25) is 15.9 Å². The van der Waals surface area contributed by atoms with E-state index in [0.29, 0.717) is 22.1 Å². The first-order chi connectivity index (χ1) is 11.3. The summed E-state index contributed by atoms with van der Waals surface area (Å²) in [6.45, 7) is -0.356. The van der Waals surface area contributed by atoms with Crippen LogP contribution in [0.1, 0.15) is 0 Å². The molecule has 24 heavy (non-hydrogen) atoms. The number of sulfonamides is 1. The highest BCUT2D eigenvalue weighted by Gasteiger charge is 2.21. The van der Waals surface area contributed by atoms with E-state index in [4.69, 9.17) is 16.3 Å². The molecule has 128 valence electrons. The summed E-state index contributed by atoms with van der Waals surface area (Å²) in [5.74, 6) is 0.190. The van der Waals surface area contributed by atoms with E-state index in [2.05, 4.69) is 5.32 Å². The number of carbonyl (C=O) groups is 1. The number of benzene rings is 2. The molecule has 0 aliphatic rings. The Morgan fingerprint density at radius 2 is 1.88 bits per heavy atom. The molecule has 0 radical (unpaired) electrons. The molecule has 0 atom stereocenters. The monoisotopic (exact) mass is 368 g/mol. The molecule has 2 aromatic rings. The van der Waals surface area contributed by atoms with E-state index in [1.165, 1.54) is 6.07 Å². The van der Waals surface area contributed by atoms with Crippen LogP contribution >= 0.6 is 11.6 Å². The van der Waals surface area contributed by atoms with Gasteiger partial charge in [-0.05, 0) is 42.5 Å². The molecule has 0 spiro atoms. The molecule has 2 aromatic carbocycles.